The molecule has 0 aliphatic carbocycles. The Balaban J connectivity index is 2.14. The zero-order chi connectivity index (χ0) is 11.5. The van der Waals surface area contributed by atoms with E-state index < -0.39 is 0 Å². The summed E-state index contributed by atoms with van der Waals surface area (Å²) < 4.78 is 0. The maximum atomic E-state index is 6.14. The molecule has 0 bridgehead atoms. The van der Waals surface area contributed by atoms with Gasteiger partial charge in [0.2, 0.25) is 0 Å². The highest BCUT2D eigenvalue weighted by molar-refractivity contribution is 7.09. The van der Waals surface area contributed by atoms with Gasteiger partial charge in [-0.15, -0.1) is 11.3 Å². The Morgan fingerprint density at radius 2 is 2.25 bits per heavy atom. The third-order valence-corrected chi connectivity index (χ3v) is 3.32. The average Bonchev–Trinajstić information content (AvgIpc) is 2.64. The van der Waals surface area contributed by atoms with E-state index in [1.165, 1.54) is 0 Å². The highest BCUT2D eigenvalue weighted by Crippen LogP contribution is 2.18. The molecular formula is C12H15N3S. The van der Waals surface area contributed by atoms with Crippen LogP contribution in [0.1, 0.15) is 28.0 Å². The molecule has 0 saturated heterocycles. The molecule has 0 aromatic carbocycles. The number of pyridine rings is 1. The summed E-state index contributed by atoms with van der Waals surface area (Å²) in [4.78, 5) is 8.75. The van der Waals surface area contributed by atoms with Gasteiger partial charge in [-0.3, -0.25) is 4.98 Å². The molecule has 2 N–H and O–H groups in total. The number of nitrogens with two attached hydrogens (primary N) is 1. The van der Waals surface area contributed by atoms with Gasteiger partial charge in [0, 0.05) is 18.0 Å². The number of rotatable bonds is 3. The van der Waals surface area contributed by atoms with E-state index in [1.807, 2.05) is 26.0 Å². The lowest BCUT2D eigenvalue weighted by Crippen LogP contribution is -2.16. The normalized spacial score (nSPS) is 12.7. The van der Waals surface area contributed by atoms with Crippen molar-refractivity contribution in [3.05, 3.63) is 45.7 Å². The predicted molar refractivity (Wildman–Crippen MR) is 66.5 cm³/mol. The Labute approximate surface area is 99.4 Å². The van der Waals surface area contributed by atoms with Crippen LogP contribution in [-0.4, -0.2) is 9.97 Å². The molecule has 3 nitrogen and oxygen atoms in total. The monoisotopic (exact) mass is 233 g/mol. The highest BCUT2D eigenvalue weighted by Gasteiger charge is 2.12. The standard InChI is InChI=1S/C12H15N3S/c1-8-4-3-5-14-12(8)11(13)6-10-7-16-9(2)15-10/h3-5,7,11H,6,13H2,1-2H3. The molecule has 2 rings (SSSR count). The van der Waals surface area contributed by atoms with E-state index in [0.717, 1.165) is 28.4 Å². The fraction of sp³-hybridized carbons (Fsp3) is 0.333. The van der Waals surface area contributed by atoms with Crippen LogP contribution in [0, 0.1) is 13.8 Å². The van der Waals surface area contributed by atoms with Gasteiger partial charge in [-0.05, 0) is 25.5 Å². The van der Waals surface area contributed by atoms with Gasteiger partial charge in [0.1, 0.15) is 0 Å². The molecule has 2 aromatic rings. The second-order valence-electron chi connectivity index (χ2n) is 3.87. The van der Waals surface area contributed by atoms with Crippen LogP contribution in [0.5, 0.6) is 0 Å². The fourth-order valence-electron chi connectivity index (χ4n) is 1.71. The summed E-state index contributed by atoms with van der Waals surface area (Å²) >= 11 is 1.66. The van der Waals surface area contributed by atoms with Crippen LogP contribution in [0.2, 0.25) is 0 Å². The average molecular weight is 233 g/mol. The Morgan fingerprint density at radius 3 is 2.88 bits per heavy atom. The first kappa shape index (κ1) is 11.2. The van der Waals surface area contributed by atoms with Crippen LogP contribution in [0.3, 0.4) is 0 Å². The second-order valence-corrected chi connectivity index (χ2v) is 4.94. The van der Waals surface area contributed by atoms with E-state index in [2.05, 4.69) is 15.3 Å². The minimum atomic E-state index is -0.0669. The molecule has 4 heteroatoms. The Kier molecular flexibility index (Phi) is 3.31. The molecule has 0 amide bonds. The number of nitrogens with zero attached hydrogens (tertiary/aromatic N) is 2. The molecule has 84 valence electrons. The van der Waals surface area contributed by atoms with Crippen molar-refractivity contribution in [3.63, 3.8) is 0 Å². The topological polar surface area (TPSA) is 51.8 Å². The lowest BCUT2D eigenvalue weighted by atomic mass is 10.0. The molecule has 0 aliphatic rings. The van der Waals surface area contributed by atoms with Crippen molar-refractivity contribution in [2.45, 2.75) is 26.3 Å². The minimum absolute atomic E-state index is 0.0669. The highest BCUT2D eigenvalue weighted by atomic mass is 32.1. The first-order valence-electron chi connectivity index (χ1n) is 5.25. The van der Waals surface area contributed by atoms with Crippen molar-refractivity contribution in [1.29, 1.82) is 0 Å². The van der Waals surface area contributed by atoms with Crippen molar-refractivity contribution in [2.24, 2.45) is 5.73 Å². The third kappa shape index (κ3) is 2.46. The van der Waals surface area contributed by atoms with Gasteiger partial charge in [-0.1, -0.05) is 6.07 Å². The van der Waals surface area contributed by atoms with Crippen molar-refractivity contribution < 1.29 is 0 Å². The molecule has 0 spiro atoms. The zero-order valence-electron chi connectivity index (χ0n) is 9.47. The molecule has 0 radical (unpaired) electrons. The van der Waals surface area contributed by atoms with Gasteiger partial charge in [-0.2, -0.15) is 0 Å². The number of hydrogen-bond donors (Lipinski definition) is 1. The number of thiazole rings is 1. The van der Waals surface area contributed by atoms with Crippen molar-refractivity contribution in [2.75, 3.05) is 0 Å². The second kappa shape index (κ2) is 4.72. The van der Waals surface area contributed by atoms with E-state index in [9.17, 15) is 0 Å². The van der Waals surface area contributed by atoms with Crippen LogP contribution in [0.4, 0.5) is 0 Å². The zero-order valence-corrected chi connectivity index (χ0v) is 10.3. The molecule has 0 aliphatic heterocycles. The smallest absolute Gasteiger partial charge is 0.0897 e. The summed E-state index contributed by atoms with van der Waals surface area (Å²) in [5.74, 6) is 0. The van der Waals surface area contributed by atoms with Crippen molar-refractivity contribution in [3.8, 4) is 0 Å². The predicted octanol–water partition coefficient (Wildman–Crippen LogP) is 2.40. The number of hydrogen-bond acceptors (Lipinski definition) is 4. The van der Waals surface area contributed by atoms with E-state index >= 15 is 0 Å². The van der Waals surface area contributed by atoms with Gasteiger partial charge in [0.25, 0.3) is 0 Å². The van der Waals surface area contributed by atoms with Crippen molar-refractivity contribution >= 4 is 11.3 Å². The summed E-state index contributed by atoms with van der Waals surface area (Å²) in [6, 6.07) is 3.90. The van der Waals surface area contributed by atoms with Crippen molar-refractivity contribution in [1.82, 2.24) is 9.97 Å². The maximum Gasteiger partial charge on any atom is 0.0897 e. The summed E-state index contributed by atoms with van der Waals surface area (Å²) in [7, 11) is 0. The minimum Gasteiger partial charge on any atom is -0.322 e. The van der Waals surface area contributed by atoms with Crippen LogP contribution in [0.15, 0.2) is 23.7 Å². The first-order chi connectivity index (χ1) is 7.66. The molecule has 2 aromatic heterocycles. The largest absolute Gasteiger partial charge is 0.322 e. The van der Waals surface area contributed by atoms with E-state index in [0.29, 0.717) is 0 Å². The molecule has 1 atom stereocenters. The molecule has 0 fully saturated rings. The third-order valence-electron chi connectivity index (χ3n) is 2.50. The van der Waals surface area contributed by atoms with Crippen LogP contribution >= 0.6 is 11.3 Å². The van der Waals surface area contributed by atoms with Gasteiger partial charge < -0.3 is 5.73 Å². The molecular weight excluding hydrogens is 218 g/mol. The molecule has 16 heavy (non-hydrogen) atoms. The summed E-state index contributed by atoms with van der Waals surface area (Å²) in [6.45, 7) is 4.04. The van der Waals surface area contributed by atoms with Gasteiger partial charge in [-0.25, -0.2) is 4.98 Å². The summed E-state index contributed by atoms with van der Waals surface area (Å²) in [5.41, 5.74) is 9.30. The van der Waals surface area contributed by atoms with E-state index in [-0.39, 0.29) is 6.04 Å². The maximum absolute atomic E-state index is 6.14. The first-order valence-corrected chi connectivity index (χ1v) is 6.13. The molecule has 2 heterocycles. The Bertz CT molecular complexity index is 479. The van der Waals surface area contributed by atoms with Gasteiger partial charge >= 0.3 is 0 Å². The molecule has 0 saturated carbocycles. The van der Waals surface area contributed by atoms with Crippen LogP contribution < -0.4 is 5.73 Å². The SMILES string of the molecule is Cc1nc(CC(N)c2ncccc2C)cs1. The number of aromatic nitrogens is 2. The quantitative estimate of drug-likeness (QED) is 0.885. The summed E-state index contributed by atoms with van der Waals surface area (Å²) in [6.07, 6.45) is 2.54. The Morgan fingerprint density at radius 1 is 1.44 bits per heavy atom. The lowest BCUT2D eigenvalue weighted by molar-refractivity contribution is 0.680. The Hall–Kier alpha value is -1.26. The lowest BCUT2D eigenvalue weighted by Gasteiger charge is -2.11. The molecule has 1 unspecified atom stereocenters. The van der Waals surface area contributed by atoms with E-state index in [4.69, 9.17) is 5.73 Å². The fourth-order valence-corrected chi connectivity index (χ4v) is 2.34. The van der Waals surface area contributed by atoms with Gasteiger partial charge in [0.15, 0.2) is 0 Å². The van der Waals surface area contributed by atoms with Gasteiger partial charge in [0.05, 0.1) is 22.4 Å². The van der Waals surface area contributed by atoms with Crippen LogP contribution in [-0.2, 0) is 6.42 Å². The number of aryl methyl sites for hydroxylation is 2. The van der Waals surface area contributed by atoms with Crippen LogP contribution in [0.25, 0.3) is 0 Å². The summed E-state index contributed by atoms with van der Waals surface area (Å²) in [5, 5.41) is 3.15. The van der Waals surface area contributed by atoms with E-state index in [1.54, 1.807) is 17.5 Å².